The minimum Gasteiger partial charge on any atom is -0.444 e. The zero-order valence-electron chi connectivity index (χ0n) is 25.2. The Kier molecular flexibility index (Phi) is 7.66. The van der Waals surface area contributed by atoms with Crippen molar-refractivity contribution >= 4 is 17.1 Å². The molecule has 5 heterocycles. The van der Waals surface area contributed by atoms with E-state index in [1.54, 1.807) is 11.2 Å². The molecule has 0 aliphatic carbocycles. The summed E-state index contributed by atoms with van der Waals surface area (Å²) in [5, 5.41) is 4.05. The van der Waals surface area contributed by atoms with E-state index >= 15 is 0 Å². The summed E-state index contributed by atoms with van der Waals surface area (Å²) in [5.41, 5.74) is 7.72. The van der Waals surface area contributed by atoms with Crippen LogP contribution in [0.4, 0.5) is 4.79 Å². The Hall–Kier alpha value is -4.64. The van der Waals surface area contributed by atoms with Gasteiger partial charge in [0.2, 0.25) is 0 Å². The van der Waals surface area contributed by atoms with Gasteiger partial charge in [0.15, 0.2) is 0 Å². The van der Waals surface area contributed by atoms with Crippen molar-refractivity contribution in [2.45, 2.75) is 53.2 Å². The Morgan fingerprint density at radius 2 is 1.79 bits per heavy atom. The van der Waals surface area contributed by atoms with Crippen LogP contribution in [-0.4, -0.2) is 77.7 Å². The summed E-state index contributed by atoms with van der Waals surface area (Å²) in [4.78, 5) is 38.4. The molecule has 11 nitrogen and oxygen atoms in total. The van der Waals surface area contributed by atoms with Gasteiger partial charge in [0.05, 0.1) is 33.7 Å². The number of fused-ring (bicyclic) bond motifs is 1. The van der Waals surface area contributed by atoms with Crippen molar-refractivity contribution in [1.29, 1.82) is 0 Å². The normalized spacial score (nSPS) is 14.4. The average molecular weight is 581 g/mol. The predicted molar refractivity (Wildman–Crippen MR) is 162 cm³/mol. The highest BCUT2D eigenvalue weighted by atomic mass is 16.6. The third-order valence-corrected chi connectivity index (χ3v) is 7.44. The number of amides is 1. The van der Waals surface area contributed by atoms with Crippen molar-refractivity contribution in [1.82, 2.24) is 39.9 Å². The van der Waals surface area contributed by atoms with E-state index in [0.29, 0.717) is 19.5 Å². The number of hydrogen-bond donors (Lipinski definition) is 1. The van der Waals surface area contributed by atoms with E-state index in [9.17, 15) is 4.79 Å². The fourth-order valence-corrected chi connectivity index (χ4v) is 5.37. The summed E-state index contributed by atoms with van der Waals surface area (Å²) in [6, 6.07) is 12.2. The number of aromatic nitrogens is 6. The molecular weight excluding hydrogens is 544 g/mol. The van der Waals surface area contributed by atoms with E-state index in [1.807, 2.05) is 65.1 Å². The lowest BCUT2D eigenvalue weighted by Crippen LogP contribution is -2.49. The van der Waals surface area contributed by atoms with Crippen LogP contribution in [0.3, 0.4) is 0 Å². The van der Waals surface area contributed by atoms with Crippen molar-refractivity contribution in [2.24, 2.45) is 0 Å². The molecule has 0 radical (unpaired) electrons. The number of piperazine rings is 1. The van der Waals surface area contributed by atoms with Gasteiger partial charge in [-0.05, 0) is 70.5 Å². The molecule has 1 N–H and O–H groups in total. The van der Waals surface area contributed by atoms with Gasteiger partial charge in [0, 0.05) is 56.6 Å². The Balaban J connectivity index is 1.11. The van der Waals surface area contributed by atoms with Crippen molar-refractivity contribution in [3.8, 4) is 22.5 Å². The van der Waals surface area contributed by atoms with Crippen LogP contribution in [0.1, 0.15) is 49.3 Å². The molecule has 1 aromatic carbocycles. The highest BCUT2D eigenvalue weighted by Gasteiger charge is 2.26. The standard InChI is InChI=1S/C32H36N8O3/c1-20-30(21(2)43-38-20)28-17-26(34-19-35-28)23-6-7-25-27(15-23)37-29(36-25)16-24-14-22(8-9-33-24)18-39-10-12-40(13-11-39)31(41)42-32(3,4)5/h6-9,14-15,17,19H,10-13,16,18H2,1-5H3,(H,36,37). The van der Waals surface area contributed by atoms with Crippen LogP contribution in [0.2, 0.25) is 0 Å². The first kappa shape index (κ1) is 28.5. The summed E-state index contributed by atoms with van der Waals surface area (Å²) in [6.45, 7) is 13.2. The Morgan fingerprint density at radius 3 is 2.53 bits per heavy atom. The lowest BCUT2D eigenvalue weighted by molar-refractivity contribution is 0.0139. The van der Waals surface area contributed by atoms with Gasteiger partial charge in [-0.15, -0.1) is 0 Å². The number of hydrogen-bond acceptors (Lipinski definition) is 9. The van der Waals surface area contributed by atoms with Crippen molar-refractivity contribution in [3.63, 3.8) is 0 Å². The van der Waals surface area contributed by atoms with Crippen LogP contribution in [0, 0.1) is 13.8 Å². The van der Waals surface area contributed by atoms with Crippen molar-refractivity contribution < 1.29 is 14.1 Å². The molecule has 1 amide bonds. The largest absolute Gasteiger partial charge is 0.444 e. The number of imidazole rings is 1. The van der Waals surface area contributed by atoms with E-state index in [2.05, 4.69) is 42.1 Å². The summed E-state index contributed by atoms with van der Waals surface area (Å²) in [5.74, 6) is 1.58. The van der Waals surface area contributed by atoms with E-state index in [1.165, 1.54) is 5.56 Å². The summed E-state index contributed by atoms with van der Waals surface area (Å²) < 4.78 is 10.8. The number of carbonyl (C=O) groups is 1. The van der Waals surface area contributed by atoms with Crippen LogP contribution in [0.5, 0.6) is 0 Å². The van der Waals surface area contributed by atoms with Gasteiger partial charge in [-0.25, -0.2) is 19.7 Å². The van der Waals surface area contributed by atoms with Crippen LogP contribution in [0.15, 0.2) is 53.4 Å². The molecule has 43 heavy (non-hydrogen) atoms. The fraction of sp³-hybridized carbons (Fsp3) is 0.375. The number of ether oxygens (including phenoxy) is 1. The second kappa shape index (κ2) is 11.6. The number of pyridine rings is 1. The van der Waals surface area contributed by atoms with Crippen molar-refractivity contribution in [2.75, 3.05) is 26.2 Å². The van der Waals surface area contributed by atoms with Crippen LogP contribution in [0.25, 0.3) is 33.5 Å². The molecule has 1 aliphatic rings. The Labute approximate surface area is 250 Å². The second-order valence-corrected chi connectivity index (χ2v) is 12.0. The average Bonchev–Trinajstić information content (AvgIpc) is 3.53. The highest BCUT2D eigenvalue weighted by Crippen LogP contribution is 2.29. The third kappa shape index (κ3) is 6.56. The Bertz CT molecular complexity index is 1740. The quantitative estimate of drug-likeness (QED) is 0.284. The molecule has 1 aliphatic heterocycles. The molecule has 222 valence electrons. The predicted octanol–water partition coefficient (Wildman–Crippen LogP) is 5.33. The zero-order valence-corrected chi connectivity index (χ0v) is 25.2. The minimum absolute atomic E-state index is 0.241. The molecule has 0 spiro atoms. The topological polar surface area (TPSA) is 126 Å². The number of nitrogens with one attached hydrogen (secondary N) is 1. The van der Waals surface area contributed by atoms with E-state index in [-0.39, 0.29) is 6.09 Å². The lowest BCUT2D eigenvalue weighted by Gasteiger charge is -2.35. The van der Waals surface area contributed by atoms with Gasteiger partial charge in [0.1, 0.15) is 23.5 Å². The fourth-order valence-electron chi connectivity index (χ4n) is 5.37. The number of aromatic amines is 1. The molecule has 1 saturated heterocycles. The van der Waals surface area contributed by atoms with Gasteiger partial charge in [-0.2, -0.15) is 0 Å². The highest BCUT2D eigenvalue weighted by molar-refractivity contribution is 5.82. The maximum absolute atomic E-state index is 12.4. The van der Waals surface area contributed by atoms with Crippen LogP contribution in [-0.2, 0) is 17.7 Å². The molecule has 1 fully saturated rings. The van der Waals surface area contributed by atoms with Gasteiger partial charge in [-0.3, -0.25) is 9.88 Å². The van der Waals surface area contributed by atoms with Gasteiger partial charge in [-0.1, -0.05) is 11.2 Å². The number of rotatable bonds is 6. The second-order valence-electron chi connectivity index (χ2n) is 12.0. The first-order chi connectivity index (χ1) is 20.6. The summed E-state index contributed by atoms with van der Waals surface area (Å²) >= 11 is 0. The lowest BCUT2D eigenvalue weighted by atomic mass is 10.1. The third-order valence-electron chi connectivity index (χ3n) is 7.44. The molecule has 11 heteroatoms. The zero-order chi connectivity index (χ0) is 30.1. The SMILES string of the molecule is Cc1noc(C)c1-c1cc(-c2ccc3nc(Cc4cc(CN5CCN(C(=O)OC(C)(C)C)CC5)ccn4)[nH]c3c2)ncn1. The van der Waals surface area contributed by atoms with Crippen LogP contribution < -0.4 is 0 Å². The van der Waals surface area contributed by atoms with E-state index < -0.39 is 5.60 Å². The first-order valence-electron chi connectivity index (χ1n) is 14.5. The first-order valence-corrected chi connectivity index (χ1v) is 14.5. The summed E-state index contributed by atoms with van der Waals surface area (Å²) in [6.07, 6.45) is 3.77. The summed E-state index contributed by atoms with van der Waals surface area (Å²) in [7, 11) is 0. The number of nitrogens with zero attached hydrogens (tertiary/aromatic N) is 7. The maximum Gasteiger partial charge on any atom is 0.410 e. The molecule has 0 bridgehead atoms. The molecule has 0 atom stereocenters. The smallest absolute Gasteiger partial charge is 0.410 e. The number of H-pyrrole nitrogens is 1. The van der Waals surface area contributed by atoms with E-state index in [0.717, 1.165) is 76.2 Å². The van der Waals surface area contributed by atoms with Crippen molar-refractivity contribution in [3.05, 3.63) is 77.5 Å². The van der Waals surface area contributed by atoms with Gasteiger partial charge < -0.3 is 19.1 Å². The molecular formula is C32H36N8O3. The number of carbonyl (C=O) groups excluding carboxylic acids is 1. The number of aryl methyl sites for hydroxylation is 2. The molecule has 0 unspecified atom stereocenters. The monoisotopic (exact) mass is 580 g/mol. The van der Waals surface area contributed by atoms with E-state index in [4.69, 9.17) is 14.2 Å². The molecule has 0 saturated carbocycles. The molecule has 4 aromatic heterocycles. The number of benzene rings is 1. The molecule has 5 aromatic rings. The molecule has 6 rings (SSSR count). The van der Waals surface area contributed by atoms with Gasteiger partial charge in [0.25, 0.3) is 0 Å². The maximum atomic E-state index is 12.4. The Morgan fingerprint density at radius 1 is 1.00 bits per heavy atom. The van der Waals surface area contributed by atoms with Crippen LogP contribution >= 0.6 is 0 Å². The van der Waals surface area contributed by atoms with Gasteiger partial charge >= 0.3 is 6.09 Å². The minimum atomic E-state index is -0.484.